The van der Waals surface area contributed by atoms with Crippen LogP contribution in [-0.2, 0) is 6.42 Å². The summed E-state index contributed by atoms with van der Waals surface area (Å²) in [6, 6.07) is 13.1. The first kappa shape index (κ1) is 17.2. The van der Waals surface area contributed by atoms with Gasteiger partial charge in [-0.3, -0.25) is 9.78 Å². The van der Waals surface area contributed by atoms with E-state index in [1.54, 1.807) is 36.4 Å². The third-order valence-electron chi connectivity index (χ3n) is 3.66. The van der Waals surface area contributed by atoms with Crippen molar-refractivity contribution in [3.8, 4) is 11.6 Å². The van der Waals surface area contributed by atoms with Gasteiger partial charge < -0.3 is 14.9 Å². The SMILES string of the molecule is O=c1[nH]c(O)c(Cc2ccc(OCC(O)c3ccccc3F)cc2)s1. The number of hydrogen-bond acceptors (Lipinski definition) is 5. The molecule has 0 spiro atoms. The van der Waals surface area contributed by atoms with Gasteiger partial charge in [0, 0.05) is 12.0 Å². The van der Waals surface area contributed by atoms with Gasteiger partial charge in [0.15, 0.2) is 0 Å². The summed E-state index contributed by atoms with van der Waals surface area (Å²) in [6.07, 6.45) is -0.636. The fourth-order valence-corrected chi connectivity index (χ4v) is 3.13. The smallest absolute Gasteiger partial charge is 0.307 e. The maximum Gasteiger partial charge on any atom is 0.307 e. The van der Waals surface area contributed by atoms with E-state index in [0.29, 0.717) is 17.0 Å². The lowest BCUT2D eigenvalue weighted by Crippen LogP contribution is -2.11. The summed E-state index contributed by atoms with van der Waals surface area (Å²) in [5.41, 5.74) is 1.09. The normalized spacial score (nSPS) is 12.1. The number of aromatic hydroxyl groups is 1. The molecule has 25 heavy (non-hydrogen) atoms. The van der Waals surface area contributed by atoms with Gasteiger partial charge in [0.25, 0.3) is 0 Å². The molecule has 3 rings (SSSR count). The lowest BCUT2D eigenvalue weighted by atomic mass is 10.1. The van der Waals surface area contributed by atoms with Crippen LogP contribution in [0.1, 0.15) is 22.1 Å². The minimum absolute atomic E-state index is 0.0690. The second kappa shape index (κ2) is 7.50. The number of aromatic amines is 1. The Balaban J connectivity index is 1.60. The molecule has 0 saturated carbocycles. The van der Waals surface area contributed by atoms with Gasteiger partial charge in [-0.25, -0.2) is 4.39 Å². The van der Waals surface area contributed by atoms with Crippen molar-refractivity contribution in [3.05, 3.63) is 80.0 Å². The van der Waals surface area contributed by atoms with Gasteiger partial charge in [0.05, 0.1) is 4.88 Å². The van der Waals surface area contributed by atoms with Crippen molar-refractivity contribution in [2.75, 3.05) is 6.61 Å². The minimum Gasteiger partial charge on any atom is -0.494 e. The maximum absolute atomic E-state index is 13.6. The number of aromatic nitrogens is 1. The van der Waals surface area contributed by atoms with Gasteiger partial charge in [-0.15, -0.1) is 0 Å². The van der Waals surface area contributed by atoms with Crippen LogP contribution in [0.3, 0.4) is 0 Å². The van der Waals surface area contributed by atoms with Crippen LogP contribution in [0.25, 0.3) is 0 Å². The predicted molar refractivity (Wildman–Crippen MR) is 92.7 cm³/mol. The van der Waals surface area contributed by atoms with Gasteiger partial charge >= 0.3 is 4.87 Å². The molecule has 1 atom stereocenters. The fourth-order valence-electron chi connectivity index (χ4n) is 2.37. The zero-order chi connectivity index (χ0) is 17.8. The highest BCUT2D eigenvalue weighted by molar-refractivity contribution is 7.09. The quantitative estimate of drug-likeness (QED) is 0.630. The third-order valence-corrected chi connectivity index (χ3v) is 4.53. The zero-order valence-corrected chi connectivity index (χ0v) is 13.9. The summed E-state index contributed by atoms with van der Waals surface area (Å²) in [6.45, 7) is -0.0690. The molecule has 0 aliphatic carbocycles. The van der Waals surface area contributed by atoms with Crippen molar-refractivity contribution in [1.29, 1.82) is 0 Å². The summed E-state index contributed by atoms with van der Waals surface area (Å²) in [5.74, 6) is -0.0480. The molecule has 2 aromatic carbocycles. The number of aliphatic hydroxyl groups excluding tert-OH is 1. The molecule has 0 fully saturated rings. The van der Waals surface area contributed by atoms with Gasteiger partial charge in [-0.05, 0) is 23.8 Å². The fraction of sp³-hybridized carbons (Fsp3) is 0.167. The standard InChI is InChI=1S/C18H16FNO4S/c19-14-4-2-1-3-13(14)15(21)10-24-12-7-5-11(6-8-12)9-16-17(22)20-18(23)25-16/h1-8,15,21-22H,9-10H2,(H,20,23). The van der Waals surface area contributed by atoms with Crippen molar-refractivity contribution < 1.29 is 19.3 Å². The van der Waals surface area contributed by atoms with Crippen molar-refractivity contribution in [2.45, 2.75) is 12.5 Å². The molecule has 0 aliphatic rings. The van der Waals surface area contributed by atoms with Crippen LogP contribution < -0.4 is 9.61 Å². The van der Waals surface area contributed by atoms with Crippen LogP contribution in [0.4, 0.5) is 4.39 Å². The van der Waals surface area contributed by atoms with Crippen molar-refractivity contribution >= 4 is 11.3 Å². The Hall–Kier alpha value is -2.64. The molecule has 0 aliphatic heterocycles. The summed E-state index contributed by atoms with van der Waals surface area (Å²) >= 11 is 0.966. The number of benzene rings is 2. The molecule has 0 radical (unpaired) electrons. The summed E-state index contributed by atoms with van der Waals surface area (Å²) in [4.78, 5) is 13.8. The van der Waals surface area contributed by atoms with Crippen LogP contribution in [0, 0.1) is 5.82 Å². The van der Waals surface area contributed by atoms with Gasteiger partial charge in [-0.2, -0.15) is 0 Å². The number of rotatable bonds is 6. The number of halogens is 1. The maximum atomic E-state index is 13.6. The average molecular weight is 361 g/mol. The molecular formula is C18H16FNO4S. The van der Waals surface area contributed by atoms with Crippen LogP contribution in [-0.4, -0.2) is 21.8 Å². The Bertz CT molecular complexity index is 904. The molecule has 1 aromatic heterocycles. The van der Waals surface area contributed by atoms with E-state index in [9.17, 15) is 19.4 Å². The van der Waals surface area contributed by atoms with E-state index in [1.807, 2.05) is 0 Å². The Morgan fingerprint density at radius 1 is 1.16 bits per heavy atom. The highest BCUT2D eigenvalue weighted by atomic mass is 32.1. The molecule has 3 N–H and O–H groups in total. The van der Waals surface area contributed by atoms with E-state index < -0.39 is 11.9 Å². The van der Waals surface area contributed by atoms with Crippen molar-refractivity contribution in [1.82, 2.24) is 4.98 Å². The number of H-pyrrole nitrogens is 1. The first-order chi connectivity index (χ1) is 12.0. The first-order valence-electron chi connectivity index (χ1n) is 7.58. The molecule has 1 heterocycles. The third kappa shape index (κ3) is 4.26. The van der Waals surface area contributed by atoms with E-state index in [0.717, 1.165) is 16.9 Å². The summed E-state index contributed by atoms with van der Waals surface area (Å²) < 4.78 is 19.1. The van der Waals surface area contributed by atoms with Crippen LogP contribution in [0.15, 0.2) is 53.3 Å². The number of nitrogens with one attached hydrogen (secondary N) is 1. The number of thiazole rings is 1. The van der Waals surface area contributed by atoms with Crippen molar-refractivity contribution in [2.24, 2.45) is 0 Å². The minimum atomic E-state index is -1.06. The number of hydrogen-bond donors (Lipinski definition) is 3. The molecule has 7 heteroatoms. The second-order valence-corrected chi connectivity index (χ2v) is 6.52. The highest BCUT2D eigenvalue weighted by Gasteiger charge is 2.13. The molecule has 0 amide bonds. The zero-order valence-electron chi connectivity index (χ0n) is 13.1. The molecule has 0 bridgehead atoms. The van der Waals surface area contributed by atoms with Gasteiger partial charge in [0.1, 0.15) is 24.3 Å². The molecule has 0 saturated heterocycles. The van der Waals surface area contributed by atoms with E-state index in [1.165, 1.54) is 12.1 Å². The molecule has 3 aromatic rings. The Morgan fingerprint density at radius 2 is 1.88 bits per heavy atom. The van der Waals surface area contributed by atoms with Crippen LogP contribution in [0.5, 0.6) is 11.6 Å². The Kier molecular flexibility index (Phi) is 5.16. The van der Waals surface area contributed by atoms with Crippen molar-refractivity contribution in [3.63, 3.8) is 0 Å². The van der Waals surface area contributed by atoms with E-state index in [2.05, 4.69) is 4.98 Å². The van der Waals surface area contributed by atoms with Crippen LogP contribution in [0.2, 0.25) is 0 Å². The highest BCUT2D eigenvalue weighted by Crippen LogP contribution is 2.23. The lowest BCUT2D eigenvalue weighted by molar-refractivity contribution is 0.105. The largest absolute Gasteiger partial charge is 0.494 e. The summed E-state index contributed by atoms with van der Waals surface area (Å²) in [7, 11) is 0. The number of ether oxygens (including phenoxy) is 1. The van der Waals surface area contributed by atoms with E-state index in [-0.39, 0.29) is 22.9 Å². The summed E-state index contributed by atoms with van der Waals surface area (Å²) in [5, 5.41) is 19.6. The van der Waals surface area contributed by atoms with Gasteiger partial charge in [0.2, 0.25) is 5.88 Å². The molecule has 5 nitrogen and oxygen atoms in total. The predicted octanol–water partition coefficient (Wildman–Crippen LogP) is 2.98. The molecule has 1 unspecified atom stereocenters. The monoisotopic (exact) mass is 361 g/mol. The van der Waals surface area contributed by atoms with E-state index >= 15 is 0 Å². The Labute approximate surface area is 147 Å². The Morgan fingerprint density at radius 3 is 2.52 bits per heavy atom. The molecular weight excluding hydrogens is 345 g/mol. The average Bonchev–Trinajstić information content (AvgIpc) is 2.91. The van der Waals surface area contributed by atoms with Crippen LogP contribution >= 0.6 is 11.3 Å². The topological polar surface area (TPSA) is 82.6 Å². The number of aliphatic hydroxyl groups is 1. The second-order valence-electron chi connectivity index (χ2n) is 5.46. The lowest BCUT2D eigenvalue weighted by Gasteiger charge is -2.13. The molecule has 130 valence electrons. The van der Waals surface area contributed by atoms with Gasteiger partial charge in [-0.1, -0.05) is 41.7 Å². The first-order valence-corrected chi connectivity index (χ1v) is 8.40. The van der Waals surface area contributed by atoms with E-state index in [4.69, 9.17) is 4.74 Å².